The predicted octanol–water partition coefficient (Wildman–Crippen LogP) is 1.59. The molecule has 0 aliphatic heterocycles. The van der Waals surface area contributed by atoms with Crippen LogP contribution in [0.2, 0.25) is 0 Å². The maximum Gasteiger partial charge on any atom is 0.388 e. The van der Waals surface area contributed by atoms with Gasteiger partial charge in [-0.1, -0.05) is 0 Å². The van der Waals surface area contributed by atoms with Crippen LogP contribution in [0.25, 0.3) is 0 Å². The molecule has 0 saturated carbocycles. The van der Waals surface area contributed by atoms with Gasteiger partial charge in [0, 0.05) is 12.3 Å². The van der Waals surface area contributed by atoms with E-state index in [0.29, 0.717) is 0 Å². The van der Waals surface area contributed by atoms with Gasteiger partial charge >= 0.3 is 6.61 Å². The average molecular weight is 190 g/mol. The first-order chi connectivity index (χ1) is 6.09. The molecule has 13 heavy (non-hydrogen) atoms. The quantitative estimate of drug-likeness (QED) is 0.536. The minimum Gasteiger partial charge on any atom is -0.417 e. The summed E-state index contributed by atoms with van der Waals surface area (Å²) in [6.45, 7) is -3.03. The molecule has 0 N–H and O–H groups in total. The van der Waals surface area contributed by atoms with Crippen LogP contribution in [0.15, 0.2) is 18.3 Å². The highest BCUT2D eigenvalue weighted by atomic mass is 19.3. The Hall–Kier alpha value is -1.79. The van der Waals surface area contributed by atoms with Crippen molar-refractivity contribution in [3.63, 3.8) is 0 Å². The predicted molar refractivity (Wildman–Crippen MR) is 37.5 cm³/mol. The van der Waals surface area contributed by atoms with E-state index in [1.807, 2.05) is 0 Å². The Morgan fingerprint density at radius 2 is 2.31 bits per heavy atom. The summed E-state index contributed by atoms with van der Waals surface area (Å²) >= 11 is 0. The van der Waals surface area contributed by atoms with Gasteiger partial charge in [0.1, 0.15) is 0 Å². The summed E-state index contributed by atoms with van der Waals surface area (Å²) in [7, 11) is 0. The number of ether oxygens (including phenoxy) is 1. The van der Waals surface area contributed by atoms with Crippen molar-refractivity contribution in [1.82, 2.24) is 4.98 Å². The van der Waals surface area contributed by atoms with Crippen LogP contribution in [-0.4, -0.2) is 16.5 Å². The molecule has 0 aliphatic rings. The van der Waals surface area contributed by atoms with Crippen LogP contribution in [0.4, 0.5) is 14.5 Å². The molecule has 70 valence electrons. The molecule has 0 atom stereocenters. The maximum absolute atomic E-state index is 11.6. The van der Waals surface area contributed by atoms with Gasteiger partial charge in [0.05, 0.1) is 11.0 Å². The van der Waals surface area contributed by atoms with E-state index in [0.717, 1.165) is 18.3 Å². The zero-order valence-corrected chi connectivity index (χ0v) is 6.18. The number of rotatable bonds is 3. The van der Waals surface area contributed by atoms with E-state index in [-0.39, 0.29) is 5.69 Å². The molecular formula is C6H4F2N2O3. The van der Waals surface area contributed by atoms with E-state index < -0.39 is 17.4 Å². The summed E-state index contributed by atoms with van der Waals surface area (Å²) in [5.74, 6) is -0.468. The van der Waals surface area contributed by atoms with E-state index in [4.69, 9.17) is 0 Å². The van der Waals surface area contributed by atoms with Crippen molar-refractivity contribution < 1.29 is 18.4 Å². The molecule has 0 aliphatic carbocycles. The summed E-state index contributed by atoms with van der Waals surface area (Å²) in [5, 5.41) is 10.2. The molecule has 0 amide bonds. The Bertz CT molecular complexity index is 319. The van der Waals surface area contributed by atoms with Crippen LogP contribution in [0.3, 0.4) is 0 Å². The second kappa shape index (κ2) is 3.74. The van der Waals surface area contributed by atoms with Gasteiger partial charge < -0.3 is 4.74 Å². The number of hydrogen-bond donors (Lipinski definition) is 0. The SMILES string of the molecule is O=[N+]([O-])c1ccnc(OC(F)F)c1. The maximum atomic E-state index is 11.6. The molecule has 0 bridgehead atoms. The first-order valence-electron chi connectivity index (χ1n) is 3.15. The Balaban J connectivity index is 2.85. The smallest absolute Gasteiger partial charge is 0.388 e. The molecule has 1 heterocycles. The highest BCUT2D eigenvalue weighted by Crippen LogP contribution is 2.17. The number of aromatic nitrogens is 1. The van der Waals surface area contributed by atoms with Crippen molar-refractivity contribution in [2.75, 3.05) is 0 Å². The van der Waals surface area contributed by atoms with Crippen molar-refractivity contribution in [3.05, 3.63) is 28.4 Å². The molecule has 0 fully saturated rings. The van der Waals surface area contributed by atoms with Gasteiger partial charge in [0.15, 0.2) is 0 Å². The average Bonchev–Trinajstić information content (AvgIpc) is 2.03. The lowest BCUT2D eigenvalue weighted by Gasteiger charge is -2.01. The summed E-state index contributed by atoms with van der Waals surface area (Å²) < 4.78 is 27.1. The number of halogens is 2. The van der Waals surface area contributed by atoms with Crippen LogP contribution < -0.4 is 4.74 Å². The van der Waals surface area contributed by atoms with Crippen LogP contribution >= 0.6 is 0 Å². The Morgan fingerprint density at radius 1 is 1.62 bits per heavy atom. The molecule has 0 unspecified atom stereocenters. The molecule has 1 aromatic heterocycles. The number of pyridine rings is 1. The van der Waals surface area contributed by atoms with Gasteiger partial charge in [-0.3, -0.25) is 10.1 Å². The minimum atomic E-state index is -3.03. The second-order valence-corrected chi connectivity index (χ2v) is 1.99. The van der Waals surface area contributed by atoms with Crippen molar-refractivity contribution in [2.45, 2.75) is 6.61 Å². The van der Waals surface area contributed by atoms with Gasteiger partial charge in [-0.2, -0.15) is 8.78 Å². The highest BCUT2D eigenvalue weighted by Gasteiger charge is 2.10. The van der Waals surface area contributed by atoms with Crippen molar-refractivity contribution in [3.8, 4) is 5.88 Å². The molecule has 5 nitrogen and oxygen atoms in total. The van der Waals surface area contributed by atoms with Gasteiger partial charge in [-0.25, -0.2) is 4.98 Å². The number of hydrogen-bond acceptors (Lipinski definition) is 4. The third-order valence-electron chi connectivity index (χ3n) is 1.14. The number of nitro groups is 1. The summed E-state index contributed by atoms with van der Waals surface area (Å²) in [6.07, 6.45) is 1.02. The zero-order chi connectivity index (χ0) is 9.84. The van der Waals surface area contributed by atoms with Gasteiger partial charge in [-0.15, -0.1) is 0 Å². The Kier molecular flexibility index (Phi) is 2.68. The summed E-state index contributed by atoms with van der Waals surface area (Å²) in [5.41, 5.74) is -0.342. The highest BCUT2D eigenvalue weighted by molar-refractivity contribution is 5.32. The minimum absolute atomic E-state index is 0.342. The van der Waals surface area contributed by atoms with Crippen molar-refractivity contribution in [1.29, 1.82) is 0 Å². The first-order valence-corrected chi connectivity index (χ1v) is 3.15. The molecule has 7 heteroatoms. The van der Waals surface area contributed by atoms with Crippen LogP contribution in [0.1, 0.15) is 0 Å². The molecule has 0 saturated heterocycles. The standard InChI is InChI=1S/C6H4F2N2O3/c7-6(8)13-5-3-4(10(11)12)1-2-9-5/h1-3,6H. The summed E-state index contributed by atoms with van der Waals surface area (Å²) in [6, 6.07) is 1.91. The lowest BCUT2D eigenvalue weighted by molar-refractivity contribution is -0.385. The van der Waals surface area contributed by atoms with E-state index in [1.165, 1.54) is 0 Å². The van der Waals surface area contributed by atoms with Gasteiger partial charge in [-0.05, 0) is 0 Å². The lowest BCUT2D eigenvalue weighted by atomic mass is 10.4. The van der Waals surface area contributed by atoms with Crippen LogP contribution in [0.5, 0.6) is 5.88 Å². The topological polar surface area (TPSA) is 65.3 Å². The van der Waals surface area contributed by atoms with Crippen LogP contribution in [0, 0.1) is 10.1 Å². The fraction of sp³-hybridized carbons (Fsp3) is 0.167. The van der Waals surface area contributed by atoms with Crippen LogP contribution in [-0.2, 0) is 0 Å². The second-order valence-electron chi connectivity index (χ2n) is 1.99. The normalized spacial score (nSPS) is 10.1. The largest absolute Gasteiger partial charge is 0.417 e. The third-order valence-corrected chi connectivity index (χ3v) is 1.14. The monoisotopic (exact) mass is 190 g/mol. The third kappa shape index (κ3) is 2.62. The van der Waals surface area contributed by atoms with Crippen molar-refractivity contribution >= 4 is 5.69 Å². The van der Waals surface area contributed by atoms with E-state index in [2.05, 4.69) is 9.72 Å². The Morgan fingerprint density at radius 3 is 2.85 bits per heavy atom. The van der Waals surface area contributed by atoms with Gasteiger partial charge in [0.25, 0.3) is 5.69 Å². The zero-order valence-electron chi connectivity index (χ0n) is 6.18. The van der Waals surface area contributed by atoms with E-state index in [9.17, 15) is 18.9 Å². The molecular weight excluding hydrogens is 186 g/mol. The lowest BCUT2D eigenvalue weighted by Crippen LogP contribution is -2.03. The molecule has 0 spiro atoms. The number of nitrogens with zero attached hydrogens (tertiary/aromatic N) is 2. The van der Waals surface area contributed by atoms with Crippen molar-refractivity contribution in [2.24, 2.45) is 0 Å². The first kappa shape index (κ1) is 9.30. The van der Waals surface area contributed by atoms with Gasteiger partial charge in [0.2, 0.25) is 5.88 Å². The van der Waals surface area contributed by atoms with E-state index >= 15 is 0 Å². The molecule has 1 aromatic rings. The summed E-state index contributed by atoms with van der Waals surface area (Å²) in [4.78, 5) is 12.8. The fourth-order valence-corrected chi connectivity index (χ4v) is 0.668. The van der Waals surface area contributed by atoms with E-state index in [1.54, 1.807) is 0 Å². The Labute approximate surface area is 71.1 Å². The molecule has 0 radical (unpaired) electrons. The molecule has 1 rings (SSSR count). The molecule has 0 aromatic carbocycles. The number of alkyl halides is 2. The fourth-order valence-electron chi connectivity index (χ4n) is 0.668.